The SMILES string of the molecule is O=C(O)CC1CSCCN1Cc1ccc2ccccc2c1. The van der Waals surface area contributed by atoms with Crippen molar-refractivity contribution < 1.29 is 9.90 Å². The van der Waals surface area contributed by atoms with Crippen LogP contribution in [-0.2, 0) is 11.3 Å². The van der Waals surface area contributed by atoms with Gasteiger partial charge in [0.15, 0.2) is 0 Å². The van der Waals surface area contributed by atoms with Crippen molar-refractivity contribution >= 4 is 28.5 Å². The number of hydrogen-bond acceptors (Lipinski definition) is 3. The van der Waals surface area contributed by atoms with Crippen LogP contribution in [0.3, 0.4) is 0 Å². The first-order chi connectivity index (χ1) is 10.2. The largest absolute Gasteiger partial charge is 0.481 e. The second kappa shape index (κ2) is 6.50. The van der Waals surface area contributed by atoms with Crippen LogP contribution in [0.25, 0.3) is 10.8 Å². The van der Waals surface area contributed by atoms with Crippen LogP contribution >= 0.6 is 11.8 Å². The standard InChI is InChI=1S/C17H19NO2S/c19-17(20)10-16-12-21-8-7-18(16)11-13-5-6-14-3-1-2-4-15(14)9-13/h1-6,9,16H,7-8,10-12H2,(H,19,20). The number of nitrogens with zero attached hydrogens (tertiary/aromatic N) is 1. The van der Waals surface area contributed by atoms with E-state index in [0.29, 0.717) is 0 Å². The van der Waals surface area contributed by atoms with E-state index in [9.17, 15) is 4.79 Å². The summed E-state index contributed by atoms with van der Waals surface area (Å²) in [4.78, 5) is 13.3. The molecule has 1 unspecified atom stereocenters. The molecule has 4 heteroatoms. The van der Waals surface area contributed by atoms with Gasteiger partial charge in [-0.2, -0.15) is 11.8 Å². The van der Waals surface area contributed by atoms with Crippen molar-refractivity contribution in [3.63, 3.8) is 0 Å². The van der Waals surface area contributed by atoms with Gasteiger partial charge >= 0.3 is 5.97 Å². The number of carbonyl (C=O) groups is 1. The summed E-state index contributed by atoms with van der Waals surface area (Å²) in [6.45, 7) is 1.80. The highest BCUT2D eigenvalue weighted by Crippen LogP contribution is 2.23. The molecule has 0 radical (unpaired) electrons. The molecule has 0 spiro atoms. The van der Waals surface area contributed by atoms with Gasteiger partial charge in [-0.15, -0.1) is 0 Å². The van der Waals surface area contributed by atoms with Gasteiger partial charge in [0.2, 0.25) is 0 Å². The van der Waals surface area contributed by atoms with Gasteiger partial charge in [-0.1, -0.05) is 36.4 Å². The third kappa shape index (κ3) is 3.57. The lowest BCUT2D eigenvalue weighted by Crippen LogP contribution is -2.42. The summed E-state index contributed by atoms with van der Waals surface area (Å²) in [5.74, 6) is 1.30. The van der Waals surface area contributed by atoms with E-state index < -0.39 is 5.97 Å². The van der Waals surface area contributed by atoms with Gasteiger partial charge in [0, 0.05) is 30.6 Å². The third-order valence-corrected chi connectivity index (χ3v) is 5.05. The Balaban J connectivity index is 1.77. The predicted molar refractivity (Wildman–Crippen MR) is 87.7 cm³/mol. The Morgan fingerprint density at radius 3 is 2.86 bits per heavy atom. The van der Waals surface area contributed by atoms with E-state index in [4.69, 9.17) is 5.11 Å². The Morgan fingerprint density at radius 1 is 1.24 bits per heavy atom. The van der Waals surface area contributed by atoms with Crippen LogP contribution < -0.4 is 0 Å². The van der Waals surface area contributed by atoms with Gasteiger partial charge < -0.3 is 5.11 Å². The first-order valence-electron chi connectivity index (χ1n) is 7.23. The molecule has 1 atom stereocenters. The summed E-state index contributed by atoms with van der Waals surface area (Å²) < 4.78 is 0. The number of aliphatic carboxylic acids is 1. The Hall–Kier alpha value is -1.52. The van der Waals surface area contributed by atoms with E-state index in [2.05, 4.69) is 41.3 Å². The second-order valence-electron chi connectivity index (χ2n) is 5.48. The molecule has 110 valence electrons. The summed E-state index contributed by atoms with van der Waals surface area (Å²) in [7, 11) is 0. The number of carboxylic acids is 1. The fraction of sp³-hybridized carbons (Fsp3) is 0.353. The Kier molecular flexibility index (Phi) is 4.46. The lowest BCUT2D eigenvalue weighted by atomic mass is 10.1. The number of rotatable bonds is 4. The van der Waals surface area contributed by atoms with Crippen molar-refractivity contribution in [2.45, 2.75) is 19.0 Å². The highest BCUT2D eigenvalue weighted by Gasteiger charge is 2.24. The zero-order valence-electron chi connectivity index (χ0n) is 11.9. The van der Waals surface area contributed by atoms with Crippen LogP contribution in [-0.4, -0.2) is 40.1 Å². The van der Waals surface area contributed by atoms with Crippen LogP contribution in [0.5, 0.6) is 0 Å². The fourth-order valence-corrected chi connectivity index (χ4v) is 3.99. The van der Waals surface area contributed by atoms with E-state index in [0.717, 1.165) is 24.6 Å². The maximum Gasteiger partial charge on any atom is 0.304 e. The van der Waals surface area contributed by atoms with Crippen LogP contribution in [0.4, 0.5) is 0 Å². The number of benzene rings is 2. The maximum absolute atomic E-state index is 11.0. The maximum atomic E-state index is 11.0. The zero-order chi connectivity index (χ0) is 14.7. The van der Waals surface area contributed by atoms with Crippen LogP contribution in [0, 0.1) is 0 Å². The number of carboxylic acid groups (broad SMARTS) is 1. The zero-order valence-corrected chi connectivity index (χ0v) is 12.7. The molecule has 0 bridgehead atoms. The highest BCUT2D eigenvalue weighted by atomic mass is 32.2. The highest BCUT2D eigenvalue weighted by molar-refractivity contribution is 7.99. The molecule has 2 aromatic rings. The van der Waals surface area contributed by atoms with Crippen molar-refractivity contribution in [1.82, 2.24) is 4.90 Å². The summed E-state index contributed by atoms with van der Waals surface area (Å²) >= 11 is 1.86. The molecule has 1 fully saturated rings. The fourth-order valence-electron chi connectivity index (χ4n) is 2.86. The molecule has 1 saturated heterocycles. The molecule has 0 amide bonds. The minimum absolute atomic E-state index is 0.146. The van der Waals surface area contributed by atoms with Gasteiger partial charge in [0.05, 0.1) is 6.42 Å². The average Bonchev–Trinajstić information content (AvgIpc) is 2.49. The van der Waals surface area contributed by atoms with E-state index in [1.165, 1.54) is 16.3 Å². The van der Waals surface area contributed by atoms with Crippen molar-refractivity contribution in [2.24, 2.45) is 0 Å². The van der Waals surface area contributed by atoms with Gasteiger partial charge in [-0.3, -0.25) is 9.69 Å². The molecule has 1 aliphatic rings. The quantitative estimate of drug-likeness (QED) is 0.941. The monoisotopic (exact) mass is 301 g/mol. The lowest BCUT2D eigenvalue weighted by molar-refractivity contribution is -0.138. The van der Waals surface area contributed by atoms with Crippen LogP contribution in [0.1, 0.15) is 12.0 Å². The average molecular weight is 301 g/mol. The summed E-state index contributed by atoms with van der Waals surface area (Å²) in [6.07, 6.45) is 0.237. The van der Waals surface area contributed by atoms with Gasteiger partial charge in [0.1, 0.15) is 0 Å². The topological polar surface area (TPSA) is 40.5 Å². The molecule has 1 N–H and O–H groups in total. The molecule has 3 nitrogen and oxygen atoms in total. The van der Waals surface area contributed by atoms with Crippen LogP contribution in [0.2, 0.25) is 0 Å². The third-order valence-electron chi connectivity index (χ3n) is 3.96. The Morgan fingerprint density at radius 2 is 2.05 bits per heavy atom. The summed E-state index contributed by atoms with van der Waals surface area (Å²) in [5.41, 5.74) is 1.26. The molecule has 3 rings (SSSR count). The van der Waals surface area contributed by atoms with Crippen molar-refractivity contribution in [2.75, 3.05) is 18.1 Å². The number of fused-ring (bicyclic) bond motifs is 1. The molecular weight excluding hydrogens is 282 g/mol. The Labute approximate surface area is 129 Å². The van der Waals surface area contributed by atoms with E-state index >= 15 is 0 Å². The molecule has 0 saturated carbocycles. The normalized spacial score (nSPS) is 19.7. The van der Waals surface area contributed by atoms with E-state index in [1.54, 1.807) is 0 Å². The van der Waals surface area contributed by atoms with Gasteiger partial charge in [0.25, 0.3) is 0 Å². The number of thioether (sulfide) groups is 1. The van der Waals surface area contributed by atoms with Gasteiger partial charge in [-0.25, -0.2) is 0 Å². The lowest BCUT2D eigenvalue weighted by Gasteiger charge is -2.34. The molecule has 1 aliphatic heterocycles. The molecule has 0 aromatic heterocycles. The minimum Gasteiger partial charge on any atom is -0.481 e. The predicted octanol–water partition coefficient (Wildman–Crippen LogP) is 3.23. The molecule has 0 aliphatic carbocycles. The van der Waals surface area contributed by atoms with Gasteiger partial charge in [-0.05, 0) is 22.4 Å². The Bertz CT molecular complexity index is 643. The molecule has 2 aromatic carbocycles. The first kappa shape index (κ1) is 14.4. The van der Waals surface area contributed by atoms with Crippen molar-refractivity contribution in [3.8, 4) is 0 Å². The van der Waals surface area contributed by atoms with Crippen molar-refractivity contribution in [3.05, 3.63) is 48.0 Å². The number of hydrogen-bond donors (Lipinski definition) is 1. The first-order valence-corrected chi connectivity index (χ1v) is 8.39. The van der Waals surface area contributed by atoms with E-state index in [-0.39, 0.29) is 12.5 Å². The van der Waals surface area contributed by atoms with Crippen LogP contribution in [0.15, 0.2) is 42.5 Å². The smallest absolute Gasteiger partial charge is 0.304 e. The molecule has 1 heterocycles. The summed E-state index contributed by atoms with van der Waals surface area (Å²) in [5, 5.41) is 11.5. The minimum atomic E-state index is -0.703. The van der Waals surface area contributed by atoms with E-state index in [1.807, 2.05) is 17.8 Å². The summed E-state index contributed by atoms with van der Waals surface area (Å²) in [6, 6.07) is 15.0. The van der Waals surface area contributed by atoms with Crippen molar-refractivity contribution in [1.29, 1.82) is 0 Å². The molecule has 21 heavy (non-hydrogen) atoms. The second-order valence-corrected chi connectivity index (χ2v) is 6.63. The molecular formula is C17H19NO2S.